The summed E-state index contributed by atoms with van der Waals surface area (Å²) in [6.45, 7) is 11.0. The first-order valence-electron chi connectivity index (χ1n) is 10.2. The molecule has 0 saturated carbocycles. The molecule has 0 aromatic rings. The highest BCUT2D eigenvalue weighted by Gasteiger charge is 2.35. The smallest absolute Gasteiger partial charge is 0.0446 e. The largest absolute Gasteiger partial charge is 0.396 e. The van der Waals surface area contributed by atoms with Gasteiger partial charge in [-0.05, 0) is 46.2 Å². The molecule has 0 aliphatic carbocycles. The maximum Gasteiger partial charge on any atom is 0.0446 e. The van der Waals surface area contributed by atoms with E-state index in [-0.39, 0.29) is 0 Å². The van der Waals surface area contributed by atoms with Gasteiger partial charge in [-0.2, -0.15) is 23.5 Å². The SMILES string of the molecule is CC(C)N1CCC(N2CCN(C3CSCCSC3)C[C@@H]2CCO)CC1. The number of aliphatic hydroxyl groups is 1. The van der Waals surface area contributed by atoms with Gasteiger partial charge in [-0.3, -0.25) is 9.80 Å². The molecule has 0 amide bonds. The van der Waals surface area contributed by atoms with Crippen molar-refractivity contribution in [3.63, 3.8) is 0 Å². The maximum absolute atomic E-state index is 9.63. The van der Waals surface area contributed by atoms with Crippen LogP contribution in [0.5, 0.6) is 0 Å². The van der Waals surface area contributed by atoms with Crippen molar-refractivity contribution in [2.24, 2.45) is 0 Å². The summed E-state index contributed by atoms with van der Waals surface area (Å²) in [4.78, 5) is 8.13. The molecule has 1 atom stereocenters. The number of hydrogen-bond donors (Lipinski definition) is 1. The Hall–Kier alpha value is 0.540. The van der Waals surface area contributed by atoms with Crippen LogP contribution < -0.4 is 0 Å². The molecule has 0 radical (unpaired) electrons. The van der Waals surface area contributed by atoms with Gasteiger partial charge in [0.2, 0.25) is 0 Å². The number of hydrogen-bond acceptors (Lipinski definition) is 6. The molecule has 3 aliphatic heterocycles. The summed E-state index contributed by atoms with van der Waals surface area (Å²) >= 11 is 4.27. The molecular weight excluding hydrogens is 350 g/mol. The molecule has 1 N–H and O–H groups in total. The van der Waals surface area contributed by atoms with Crippen LogP contribution in [-0.4, -0.2) is 106 Å². The number of piperidine rings is 1. The van der Waals surface area contributed by atoms with Gasteiger partial charge < -0.3 is 10.0 Å². The number of aliphatic hydroxyl groups excluding tert-OH is 1. The second-order valence-electron chi connectivity index (χ2n) is 8.06. The maximum atomic E-state index is 9.63. The zero-order chi connectivity index (χ0) is 17.6. The average Bonchev–Trinajstić information content (AvgIpc) is 2.91. The van der Waals surface area contributed by atoms with E-state index in [1.165, 1.54) is 62.0 Å². The predicted molar refractivity (Wildman–Crippen MR) is 112 cm³/mol. The Morgan fingerprint density at radius 1 is 0.960 bits per heavy atom. The van der Waals surface area contributed by atoms with Crippen molar-refractivity contribution in [3.8, 4) is 0 Å². The van der Waals surface area contributed by atoms with E-state index < -0.39 is 0 Å². The van der Waals surface area contributed by atoms with Crippen LogP contribution >= 0.6 is 23.5 Å². The van der Waals surface area contributed by atoms with Gasteiger partial charge in [0.25, 0.3) is 0 Å². The van der Waals surface area contributed by atoms with Crippen LogP contribution in [0.25, 0.3) is 0 Å². The highest BCUT2D eigenvalue weighted by Crippen LogP contribution is 2.27. The van der Waals surface area contributed by atoms with Crippen molar-refractivity contribution in [1.82, 2.24) is 14.7 Å². The summed E-state index contributed by atoms with van der Waals surface area (Å²) in [5.74, 6) is 5.22. The third-order valence-electron chi connectivity index (χ3n) is 6.23. The Bertz CT molecular complexity index is 383. The predicted octanol–water partition coefficient (Wildman–Crippen LogP) is 2.08. The van der Waals surface area contributed by atoms with Gasteiger partial charge in [0, 0.05) is 73.4 Å². The zero-order valence-electron chi connectivity index (χ0n) is 16.1. The quantitative estimate of drug-likeness (QED) is 0.777. The monoisotopic (exact) mass is 387 g/mol. The van der Waals surface area contributed by atoms with Crippen LogP contribution in [0.3, 0.4) is 0 Å². The van der Waals surface area contributed by atoms with E-state index in [9.17, 15) is 5.11 Å². The van der Waals surface area contributed by atoms with Crippen LogP contribution in [0.15, 0.2) is 0 Å². The fraction of sp³-hybridized carbons (Fsp3) is 1.00. The number of nitrogens with zero attached hydrogens (tertiary/aromatic N) is 3. The molecule has 0 unspecified atom stereocenters. The molecule has 6 heteroatoms. The molecule has 4 nitrogen and oxygen atoms in total. The Morgan fingerprint density at radius 2 is 1.64 bits per heavy atom. The van der Waals surface area contributed by atoms with Crippen molar-refractivity contribution in [2.45, 2.75) is 57.3 Å². The lowest BCUT2D eigenvalue weighted by Gasteiger charge is -2.49. The minimum absolute atomic E-state index is 0.327. The van der Waals surface area contributed by atoms with Crippen molar-refractivity contribution in [1.29, 1.82) is 0 Å². The molecule has 0 bridgehead atoms. The number of likely N-dealkylation sites (tertiary alicyclic amines) is 1. The fourth-order valence-electron chi connectivity index (χ4n) is 4.66. The lowest BCUT2D eigenvalue weighted by Crippen LogP contribution is -2.61. The van der Waals surface area contributed by atoms with Crippen molar-refractivity contribution in [3.05, 3.63) is 0 Å². The highest BCUT2D eigenvalue weighted by molar-refractivity contribution is 8.03. The van der Waals surface area contributed by atoms with Crippen LogP contribution in [0.1, 0.15) is 33.1 Å². The van der Waals surface area contributed by atoms with Gasteiger partial charge in [-0.15, -0.1) is 0 Å². The normalized spacial score (nSPS) is 30.0. The molecule has 0 aromatic carbocycles. The van der Waals surface area contributed by atoms with Crippen LogP contribution in [0.2, 0.25) is 0 Å². The first kappa shape index (κ1) is 20.3. The van der Waals surface area contributed by atoms with Crippen molar-refractivity contribution >= 4 is 23.5 Å². The minimum atomic E-state index is 0.327. The van der Waals surface area contributed by atoms with Gasteiger partial charge in [-0.1, -0.05) is 0 Å². The zero-order valence-corrected chi connectivity index (χ0v) is 17.7. The molecule has 3 aliphatic rings. The number of rotatable bonds is 5. The Kier molecular flexibility index (Phi) is 8.26. The minimum Gasteiger partial charge on any atom is -0.396 e. The summed E-state index contributed by atoms with van der Waals surface area (Å²) in [5.41, 5.74) is 0. The highest BCUT2D eigenvalue weighted by atomic mass is 32.2. The number of thioether (sulfide) groups is 2. The second kappa shape index (κ2) is 10.2. The van der Waals surface area contributed by atoms with E-state index in [2.05, 4.69) is 52.1 Å². The third-order valence-corrected chi connectivity index (χ3v) is 8.71. The van der Waals surface area contributed by atoms with E-state index in [0.29, 0.717) is 18.7 Å². The lowest BCUT2D eigenvalue weighted by atomic mass is 9.97. The molecule has 3 rings (SSSR count). The topological polar surface area (TPSA) is 30.0 Å². The average molecular weight is 388 g/mol. The molecular formula is C19H37N3OS2. The van der Waals surface area contributed by atoms with Gasteiger partial charge in [0.05, 0.1) is 0 Å². The van der Waals surface area contributed by atoms with Gasteiger partial charge in [0.1, 0.15) is 0 Å². The second-order valence-corrected chi connectivity index (χ2v) is 10.4. The molecule has 3 heterocycles. The lowest BCUT2D eigenvalue weighted by molar-refractivity contribution is -0.00525. The van der Waals surface area contributed by atoms with Crippen LogP contribution in [0, 0.1) is 0 Å². The molecule has 0 spiro atoms. The first-order valence-corrected chi connectivity index (χ1v) is 12.5. The van der Waals surface area contributed by atoms with Gasteiger partial charge >= 0.3 is 0 Å². The van der Waals surface area contributed by atoms with E-state index in [1.54, 1.807) is 0 Å². The van der Waals surface area contributed by atoms with E-state index in [4.69, 9.17) is 0 Å². The number of piperazine rings is 1. The van der Waals surface area contributed by atoms with Gasteiger partial charge in [-0.25, -0.2) is 0 Å². The Labute approximate surface area is 163 Å². The third kappa shape index (κ3) is 5.52. The first-order chi connectivity index (χ1) is 12.2. The Morgan fingerprint density at radius 3 is 2.24 bits per heavy atom. The molecule has 25 heavy (non-hydrogen) atoms. The Balaban J connectivity index is 1.56. The summed E-state index contributed by atoms with van der Waals surface area (Å²) in [7, 11) is 0. The standard InChI is InChI=1S/C19H37N3OS2/c1-16(2)20-6-3-17(4-7-20)22-9-8-21(13-18(22)5-10-23)19-14-24-11-12-25-15-19/h16-19,23H,3-15H2,1-2H3/t18-/m0/s1. The summed E-state index contributed by atoms with van der Waals surface area (Å²) < 4.78 is 0. The molecule has 146 valence electrons. The van der Waals surface area contributed by atoms with Gasteiger partial charge in [0.15, 0.2) is 0 Å². The van der Waals surface area contributed by atoms with E-state index in [0.717, 1.165) is 25.0 Å². The van der Waals surface area contributed by atoms with Crippen LogP contribution in [0.4, 0.5) is 0 Å². The summed E-state index contributed by atoms with van der Waals surface area (Å²) in [6, 6.07) is 2.69. The van der Waals surface area contributed by atoms with E-state index >= 15 is 0 Å². The summed E-state index contributed by atoms with van der Waals surface area (Å²) in [6.07, 6.45) is 3.54. The summed E-state index contributed by atoms with van der Waals surface area (Å²) in [5, 5.41) is 9.63. The van der Waals surface area contributed by atoms with Crippen LogP contribution in [-0.2, 0) is 0 Å². The molecule has 3 fully saturated rings. The van der Waals surface area contributed by atoms with Crippen molar-refractivity contribution < 1.29 is 5.11 Å². The fourth-order valence-corrected chi connectivity index (χ4v) is 7.29. The molecule has 0 aromatic heterocycles. The molecule has 3 saturated heterocycles. The van der Waals surface area contributed by atoms with E-state index in [1.807, 2.05) is 0 Å². The van der Waals surface area contributed by atoms with Crippen molar-refractivity contribution in [2.75, 3.05) is 62.3 Å².